The summed E-state index contributed by atoms with van der Waals surface area (Å²) in [6.45, 7) is 7.39. The summed E-state index contributed by atoms with van der Waals surface area (Å²) in [6, 6.07) is 6.94. The van der Waals surface area contributed by atoms with Crippen LogP contribution in [-0.2, 0) is 15.0 Å². The standard InChI is InChI=1S/C15H21NO3S/c1-10(2)20-9-13(17)16-12-7-5-11(6-8-12)15(3,4)14(18)19/h5-8,10H,9H2,1-4H3,(H,16,17)(H,18,19). The van der Waals surface area contributed by atoms with Crippen LogP contribution in [0.15, 0.2) is 24.3 Å². The fourth-order valence-corrected chi connectivity index (χ4v) is 2.09. The summed E-state index contributed by atoms with van der Waals surface area (Å²) in [4.78, 5) is 22.8. The molecule has 1 rings (SSSR count). The van der Waals surface area contributed by atoms with Crippen LogP contribution >= 0.6 is 11.8 Å². The van der Waals surface area contributed by atoms with Crippen molar-refractivity contribution in [2.45, 2.75) is 38.4 Å². The van der Waals surface area contributed by atoms with Gasteiger partial charge in [0.15, 0.2) is 0 Å². The van der Waals surface area contributed by atoms with Gasteiger partial charge in [-0.3, -0.25) is 9.59 Å². The first-order valence-electron chi connectivity index (χ1n) is 6.49. The van der Waals surface area contributed by atoms with E-state index in [2.05, 4.69) is 5.32 Å². The van der Waals surface area contributed by atoms with Gasteiger partial charge in [0.25, 0.3) is 0 Å². The topological polar surface area (TPSA) is 66.4 Å². The Morgan fingerprint density at radius 1 is 1.25 bits per heavy atom. The van der Waals surface area contributed by atoms with Crippen molar-refractivity contribution in [3.05, 3.63) is 29.8 Å². The summed E-state index contributed by atoms with van der Waals surface area (Å²) < 4.78 is 0. The number of carboxylic acids is 1. The Labute approximate surface area is 124 Å². The van der Waals surface area contributed by atoms with Crippen molar-refractivity contribution in [3.63, 3.8) is 0 Å². The maximum Gasteiger partial charge on any atom is 0.313 e. The number of amides is 1. The summed E-state index contributed by atoms with van der Waals surface area (Å²) in [7, 11) is 0. The smallest absolute Gasteiger partial charge is 0.313 e. The number of benzene rings is 1. The third-order valence-electron chi connectivity index (χ3n) is 2.97. The number of aliphatic carboxylic acids is 1. The van der Waals surface area contributed by atoms with Crippen molar-refractivity contribution < 1.29 is 14.7 Å². The van der Waals surface area contributed by atoms with Crippen LogP contribution < -0.4 is 5.32 Å². The van der Waals surface area contributed by atoms with E-state index in [1.54, 1.807) is 49.9 Å². The molecule has 0 atom stereocenters. The molecular formula is C15H21NO3S. The van der Waals surface area contributed by atoms with E-state index in [4.69, 9.17) is 5.11 Å². The van der Waals surface area contributed by atoms with Crippen LogP contribution in [0.2, 0.25) is 0 Å². The predicted molar refractivity (Wildman–Crippen MR) is 83.3 cm³/mol. The Balaban J connectivity index is 2.68. The van der Waals surface area contributed by atoms with Gasteiger partial charge in [-0.15, -0.1) is 11.8 Å². The van der Waals surface area contributed by atoms with Gasteiger partial charge in [0, 0.05) is 5.69 Å². The number of carboxylic acid groups (broad SMARTS) is 1. The van der Waals surface area contributed by atoms with Gasteiger partial charge in [-0.25, -0.2) is 0 Å². The number of hydrogen-bond acceptors (Lipinski definition) is 3. The Bertz CT molecular complexity index is 480. The number of thioether (sulfide) groups is 1. The van der Waals surface area contributed by atoms with Crippen LogP contribution in [0, 0.1) is 0 Å². The highest BCUT2D eigenvalue weighted by Crippen LogP contribution is 2.24. The SMILES string of the molecule is CC(C)SCC(=O)Nc1ccc(C(C)(C)C(=O)O)cc1. The largest absolute Gasteiger partial charge is 0.481 e. The quantitative estimate of drug-likeness (QED) is 0.846. The van der Waals surface area contributed by atoms with Crippen LogP contribution in [0.25, 0.3) is 0 Å². The molecule has 1 aromatic rings. The zero-order valence-electron chi connectivity index (χ0n) is 12.3. The van der Waals surface area contributed by atoms with Crippen molar-refractivity contribution in [3.8, 4) is 0 Å². The maximum atomic E-state index is 11.7. The van der Waals surface area contributed by atoms with Crippen LogP contribution in [0.1, 0.15) is 33.3 Å². The average Bonchev–Trinajstić information content (AvgIpc) is 2.37. The molecule has 0 bridgehead atoms. The number of carbonyl (C=O) groups is 2. The number of carbonyl (C=O) groups excluding carboxylic acids is 1. The highest BCUT2D eigenvalue weighted by molar-refractivity contribution is 8.00. The molecule has 2 N–H and O–H groups in total. The van der Waals surface area contributed by atoms with Gasteiger partial charge in [0.2, 0.25) is 5.91 Å². The Morgan fingerprint density at radius 3 is 2.25 bits per heavy atom. The average molecular weight is 295 g/mol. The van der Waals surface area contributed by atoms with E-state index in [-0.39, 0.29) is 5.91 Å². The van der Waals surface area contributed by atoms with Gasteiger partial charge in [0.05, 0.1) is 11.2 Å². The summed E-state index contributed by atoms with van der Waals surface area (Å²) >= 11 is 1.58. The van der Waals surface area contributed by atoms with Gasteiger partial charge >= 0.3 is 5.97 Å². The molecule has 1 amide bonds. The second-order valence-corrected chi connectivity index (χ2v) is 6.98. The minimum atomic E-state index is -0.934. The lowest BCUT2D eigenvalue weighted by molar-refractivity contribution is -0.142. The van der Waals surface area contributed by atoms with E-state index in [0.717, 1.165) is 0 Å². The lowest BCUT2D eigenvalue weighted by Crippen LogP contribution is -2.28. The lowest BCUT2D eigenvalue weighted by atomic mass is 9.85. The molecule has 5 heteroatoms. The molecule has 20 heavy (non-hydrogen) atoms. The van der Waals surface area contributed by atoms with Crippen LogP contribution in [0.3, 0.4) is 0 Å². The fourth-order valence-electron chi connectivity index (χ4n) is 1.53. The van der Waals surface area contributed by atoms with E-state index < -0.39 is 11.4 Å². The maximum absolute atomic E-state index is 11.7. The van der Waals surface area contributed by atoms with Gasteiger partial charge in [-0.2, -0.15) is 0 Å². The van der Waals surface area contributed by atoms with E-state index in [9.17, 15) is 9.59 Å². The molecule has 1 aromatic carbocycles. The van der Waals surface area contributed by atoms with E-state index >= 15 is 0 Å². The first-order chi connectivity index (χ1) is 9.23. The molecule has 4 nitrogen and oxygen atoms in total. The number of rotatable bonds is 6. The molecule has 0 saturated carbocycles. The fraction of sp³-hybridized carbons (Fsp3) is 0.467. The zero-order chi connectivity index (χ0) is 15.3. The third-order valence-corrected chi connectivity index (χ3v) is 4.07. The Hall–Kier alpha value is -1.49. The molecule has 0 heterocycles. The molecule has 0 aromatic heterocycles. The van der Waals surface area contributed by atoms with Crippen LogP contribution in [0.4, 0.5) is 5.69 Å². The summed E-state index contributed by atoms with van der Waals surface area (Å²) in [5.74, 6) is -0.503. The van der Waals surface area contributed by atoms with Gasteiger partial charge in [0.1, 0.15) is 0 Å². The molecule has 110 valence electrons. The molecule has 0 saturated heterocycles. The second kappa shape index (κ2) is 6.79. The monoisotopic (exact) mass is 295 g/mol. The summed E-state index contributed by atoms with van der Waals surface area (Å²) in [6.07, 6.45) is 0. The number of hydrogen-bond donors (Lipinski definition) is 2. The normalized spacial score (nSPS) is 11.4. The first kappa shape index (κ1) is 16.6. The van der Waals surface area contributed by atoms with E-state index in [1.165, 1.54) is 0 Å². The predicted octanol–water partition coefficient (Wildman–Crippen LogP) is 3.13. The molecule has 0 fully saturated rings. The van der Waals surface area contributed by atoms with Crippen LogP contribution in [-0.4, -0.2) is 28.0 Å². The highest BCUT2D eigenvalue weighted by atomic mass is 32.2. The Morgan fingerprint density at radius 2 is 1.80 bits per heavy atom. The molecular weight excluding hydrogens is 274 g/mol. The highest BCUT2D eigenvalue weighted by Gasteiger charge is 2.29. The molecule has 0 aliphatic heterocycles. The first-order valence-corrected chi connectivity index (χ1v) is 7.53. The van der Waals surface area contributed by atoms with Crippen LogP contribution in [0.5, 0.6) is 0 Å². The molecule has 0 radical (unpaired) electrons. The van der Waals surface area contributed by atoms with Crippen molar-refractivity contribution in [1.29, 1.82) is 0 Å². The summed E-state index contributed by atoms with van der Waals surface area (Å²) in [5.41, 5.74) is 0.458. The van der Waals surface area contributed by atoms with Gasteiger partial charge in [-0.1, -0.05) is 26.0 Å². The third kappa shape index (κ3) is 4.56. The van der Waals surface area contributed by atoms with Crippen molar-refractivity contribution in [2.75, 3.05) is 11.1 Å². The zero-order valence-corrected chi connectivity index (χ0v) is 13.1. The molecule has 0 spiro atoms. The Kier molecular flexibility index (Phi) is 5.62. The molecule has 0 aliphatic rings. The van der Waals surface area contributed by atoms with E-state index in [1.807, 2.05) is 13.8 Å². The minimum Gasteiger partial charge on any atom is -0.481 e. The van der Waals surface area contributed by atoms with E-state index in [0.29, 0.717) is 22.3 Å². The summed E-state index contributed by atoms with van der Waals surface area (Å²) in [5, 5.41) is 12.4. The van der Waals surface area contributed by atoms with Crippen molar-refractivity contribution in [2.24, 2.45) is 0 Å². The number of anilines is 1. The molecule has 0 aliphatic carbocycles. The van der Waals surface area contributed by atoms with Gasteiger partial charge < -0.3 is 10.4 Å². The van der Waals surface area contributed by atoms with Gasteiger partial charge in [-0.05, 0) is 36.8 Å². The second-order valence-electron chi connectivity index (χ2n) is 5.42. The minimum absolute atomic E-state index is 0.0473. The van der Waals surface area contributed by atoms with Crippen molar-refractivity contribution in [1.82, 2.24) is 0 Å². The lowest BCUT2D eigenvalue weighted by Gasteiger charge is -2.19. The van der Waals surface area contributed by atoms with Crippen molar-refractivity contribution >= 4 is 29.3 Å². The number of nitrogens with one attached hydrogen (secondary N) is 1. The molecule has 0 unspecified atom stereocenters.